The molecule has 1 aromatic heterocycles. The molecule has 0 fully saturated rings. The topological polar surface area (TPSA) is 70.3 Å². The normalized spacial score (nSPS) is 15.3. The summed E-state index contributed by atoms with van der Waals surface area (Å²) in [7, 11) is 0. The fourth-order valence-electron chi connectivity index (χ4n) is 3.40. The molecule has 0 saturated heterocycles. The molecular weight excluding hydrogens is 354 g/mol. The second-order valence-electron chi connectivity index (χ2n) is 7.09. The second-order valence-corrected chi connectivity index (χ2v) is 8.02. The number of nitrogens with zero attached hydrogens (tertiary/aromatic N) is 3. The summed E-state index contributed by atoms with van der Waals surface area (Å²) in [5.74, 6) is 0.865. The Labute approximate surface area is 164 Å². The summed E-state index contributed by atoms with van der Waals surface area (Å²) in [6.45, 7) is 2.85. The predicted octanol–water partition coefficient (Wildman–Crippen LogP) is 3.89. The molecule has 3 aromatic rings. The highest BCUT2D eigenvalue weighted by Gasteiger charge is 2.19. The maximum Gasteiger partial charge on any atom is 0.125 e. The first-order valence-corrected chi connectivity index (χ1v) is 10.4. The van der Waals surface area contributed by atoms with Crippen molar-refractivity contribution in [1.82, 2.24) is 15.2 Å². The molecule has 0 saturated carbocycles. The zero-order chi connectivity index (χ0) is 18.6. The Bertz CT molecular complexity index is 934. The average Bonchev–Trinajstić information content (AvgIpc) is 3.29. The molecule has 0 radical (unpaired) electrons. The van der Waals surface area contributed by atoms with Crippen LogP contribution >= 0.6 is 11.8 Å². The number of hydrogen-bond donors (Lipinski definition) is 2. The van der Waals surface area contributed by atoms with Gasteiger partial charge in [0.05, 0.1) is 17.9 Å². The lowest BCUT2D eigenvalue weighted by molar-refractivity contribution is 0.312. The number of nitrogens with two attached hydrogens (primary N) is 1. The summed E-state index contributed by atoms with van der Waals surface area (Å²) in [5.41, 5.74) is 11.0. The smallest absolute Gasteiger partial charge is 0.125 e. The Kier molecular flexibility index (Phi) is 5.45. The summed E-state index contributed by atoms with van der Waals surface area (Å²) < 4.78 is 0. The van der Waals surface area contributed by atoms with Gasteiger partial charge in [-0.3, -0.25) is 10.1 Å². The number of benzene rings is 2. The number of aromatic nitrogens is 2. The van der Waals surface area contributed by atoms with Crippen LogP contribution in [0, 0.1) is 6.92 Å². The van der Waals surface area contributed by atoms with Gasteiger partial charge >= 0.3 is 0 Å². The van der Waals surface area contributed by atoms with Gasteiger partial charge in [-0.25, -0.2) is 0 Å². The fraction of sp³-hybridized carbons (Fsp3) is 0.333. The molecule has 1 aliphatic rings. The van der Waals surface area contributed by atoms with Gasteiger partial charge in [-0.15, -0.1) is 0 Å². The van der Waals surface area contributed by atoms with Crippen LogP contribution in [0.3, 0.4) is 0 Å². The van der Waals surface area contributed by atoms with Gasteiger partial charge in [0.25, 0.3) is 0 Å². The minimum Gasteiger partial charge on any atom is -0.326 e. The maximum atomic E-state index is 6.35. The van der Waals surface area contributed by atoms with E-state index in [1.54, 1.807) is 11.8 Å². The number of fused-ring (bicyclic) bond motifs is 1. The van der Waals surface area contributed by atoms with Gasteiger partial charge in [0.15, 0.2) is 0 Å². The van der Waals surface area contributed by atoms with Crippen LogP contribution in [0.5, 0.6) is 0 Å². The summed E-state index contributed by atoms with van der Waals surface area (Å²) in [4.78, 5) is 0. The summed E-state index contributed by atoms with van der Waals surface area (Å²) in [5, 5.41) is 16.4. The van der Waals surface area contributed by atoms with Crippen LogP contribution in [0.15, 0.2) is 53.6 Å². The Hall–Kier alpha value is -2.31. The maximum absolute atomic E-state index is 6.35. The van der Waals surface area contributed by atoms with Crippen LogP contribution in [-0.2, 0) is 6.42 Å². The van der Waals surface area contributed by atoms with Crippen molar-refractivity contribution in [1.29, 1.82) is 0 Å². The van der Waals surface area contributed by atoms with Crippen molar-refractivity contribution in [3.05, 3.63) is 65.4 Å². The van der Waals surface area contributed by atoms with Crippen LogP contribution in [0.2, 0.25) is 0 Å². The molecule has 0 bridgehead atoms. The van der Waals surface area contributed by atoms with E-state index in [1.807, 2.05) is 6.92 Å². The molecule has 1 atom stereocenters. The van der Waals surface area contributed by atoms with Crippen LogP contribution in [0.25, 0.3) is 10.9 Å². The number of hydrogen-bond acceptors (Lipinski definition) is 5. The van der Waals surface area contributed by atoms with Crippen LogP contribution in [0.1, 0.15) is 29.7 Å². The number of aromatic amines is 1. The van der Waals surface area contributed by atoms with Gasteiger partial charge < -0.3 is 5.73 Å². The van der Waals surface area contributed by atoms with E-state index in [0.717, 1.165) is 58.9 Å². The second kappa shape index (κ2) is 8.15. The lowest BCUT2D eigenvalue weighted by Gasteiger charge is -2.18. The fourth-order valence-corrected chi connectivity index (χ4v) is 4.30. The number of rotatable bonds is 7. The Morgan fingerprint density at radius 3 is 2.93 bits per heavy atom. The first kappa shape index (κ1) is 18.1. The highest BCUT2D eigenvalue weighted by atomic mass is 32.2. The largest absolute Gasteiger partial charge is 0.326 e. The zero-order valence-electron chi connectivity index (χ0n) is 15.6. The summed E-state index contributed by atoms with van der Waals surface area (Å²) >= 11 is 1.77. The predicted molar refractivity (Wildman–Crippen MR) is 114 cm³/mol. The third-order valence-corrected chi connectivity index (χ3v) is 5.92. The first-order valence-electron chi connectivity index (χ1n) is 9.40. The molecule has 0 amide bonds. The first-order chi connectivity index (χ1) is 13.2. The number of hydrazone groups is 1. The molecular formula is C21H25N5S. The molecule has 2 aromatic carbocycles. The molecule has 0 aliphatic carbocycles. The van der Waals surface area contributed by atoms with Crippen molar-refractivity contribution in [3.63, 3.8) is 0 Å². The standard InChI is InChI=1S/C21H25N5S/c1-15-19-12-17(10-11-20(19)24-23-15)21-25-26(14-27-21)13-18(22)9-5-8-16-6-3-2-4-7-16/h2-4,6-7,10-12,18H,5,8-9,13-14,22H2,1H3,(H,23,24)/t18-/m0/s1. The van der Waals surface area contributed by atoms with E-state index in [4.69, 9.17) is 10.8 Å². The molecule has 0 unspecified atom stereocenters. The van der Waals surface area contributed by atoms with E-state index in [9.17, 15) is 0 Å². The van der Waals surface area contributed by atoms with E-state index in [0.29, 0.717) is 0 Å². The Balaban J connectivity index is 1.32. The Morgan fingerprint density at radius 2 is 2.07 bits per heavy atom. The molecule has 6 heteroatoms. The zero-order valence-corrected chi connectivity index (χ0v) is 16.4. The minimum atomic E-state index is 0.149. The molecule has 3 N–H and O–H groups in total. The van der Waals surface area contributed by atoms with Crippen molar-refractivity contribution >= 4 is 27.7 Å². The van der Waals surface area contributed by atoms with E-state index in [2.05, 4.69) is 63.7 Å². The van der Waals surface area contributed by atoms with E-state index >= 15 is 0 Å². The third kappa shape index (κ3) is 4.34. The number of aryl methyl sites for hydroxylation is 2. The highest BCUT2D eigenvalue weighted by molar-refractivity contribution is 8.14. The van der Waals surface area contributed by atoms with Gasteiger partial charge in [0, 0.05) is 22.7 Å². The van der Waals surface area contributed by atoms with Crippen molar-refractivity contribution in [2.24, 2.45) is 10.8 Å². The van der Waals surface area contributed by atoms with Crippen molar-refractivity contribution in [2.75, 3.05) is 12.4 Å². The van der Waals surface area contributed by atoms with Crippen LogP contribution < -0.4 is 5.73 Å². The molecule has 140 valence electrons. The van der Waals surface area contributed by atoms with Gasteiger partial charge in [-0.1, -0.05) is 42.1 Å². The summed E-state index contributed by atoms with van der Waals surface area (Å²) in [6.07, 6.45) is 3.21. The van der Waals surface area contributed by atoms with E-state index in [1.165, 1.54) is 5.56 Å². The van der Waals surface area contributed by atoms with Gasteiger partial charge in [0.2, 0.25) is 0 Å². The molecule has 2 heterocycles. The van der Waals surface area contributed by atoms with Crippen molar-refractivity contribution < 1.29 is 0 Å². The van der Waals surface area contributed by atoms with Crippen LogP contribution in [-0.4, -0.2) is 38.7 Å². The lowest BCUT2D eigenvalue weighted by atomic mass is 10.1. The monoisotopic (exact) mass is 379 g/mol. The van der Waals surface area contributed by atoms with Crippen molar-refractivity contribution in [2.45, 2.75) is 32.2 Å². The SMILES string of the molecule is Cc1[nH]nc2ccc(C3=NN(C[C@@H](N)CCCc4ccccc4)CS3)cc12. The van der Waals surface area contributed by atoms with Crippen LogP contribution in [0.4, 0.5) is 0 Å². The number of H-pyrrole nitrogens is 1. The van der Waals surface area contributed by atoms with Gasteiger partial charge in [0.1, 0.15) is 5.04 Å². The quantitative estimate of drug-likeness (QED) is 0.653. The number of thioether (sulfide) groups is 1. The van der Waals surface area contributed by atoms with Crippen molar-refractivity contribution in [3.8, 4) is 0 Å². The molecule has 5 nitrogen and oxygen atoms in total. The van der Waals surface area contributed by atoms with Gasteiger partial charge in [-0.05, 0) is 49.9 Å². The highest BCUT2D eigenvalue weighted by Crippen LogP contribution is 2.26. The average molecular weight is 380 g/mol. The summed E-state index contributed by atoms with van der Waals surface area (Å²) in [6, 6.07) is 17.1. The van der Waals surface area contributed by atoms with E-state index in [-0.39, 0.29) is 6.04 Å². The lowest BCUT2D eigenvalue weighted by Crippen LogP contribution is -2.33. The molecule has 1 aliphatic heterocycles. The Morgan fingerprint density at radius 1 is 1.22 bits per heavy atom. The minimum absolute atomic E-state index is 0.149. The molecule has 4 rings (SSSR count). The number of nitrogens with one attached hydrogen (secondary N) is 1. The van der Waals surface area contributed by atoms with E-state index < -0.39 is 0 Å². The molecule has 0 spiro atoms. The third-order valence-electron chi connectivity index (χ3n) is 4.90. The molecule has 27 heavy (non-hydrogen) atoms. The van der Waals surface area contributed by atoms with Gasteiger partial charge in [-0.2, -0.15) is 10.2 Å².